The molecule has 0 bridgehead atoms. The second kappa shape index (κ2) is 7.15. The first kappa shape index (κ1) is 16.7. The standard InChI is InChI=1S/C16H24N2O4S/c1-13-4-5-15(11-17-13)22-16-6-8-18(12-16)23(19,20)10-7-14-3-2-9-21-14/h4-5,11,14,16H,2-3,6-10,12H2,1H3. The summed E-state index contributed by atoms with van der Waals surface area (Å²) in [5.41, 5.74) is 0.933. The minimum atomic E-state index is -3.22. The zero-order valence-electron chi connectivity index (χ0n) is 13.5. The van der Waals surface area contributed by atoms with Gasteiger partial charge in [-0.15, -0.1) is 0 Å². The molecular weight excluding hydrogens is 316 g/mol. The topological polar surface area (TPSA) is 68.7 Å². The Bertz CT molecular complexity index is 611. The normalized spacial score (nSPS) is 25.8. The van der Waals surface area contributed by atoms with Crippen molar-refractivity contribution in [2.45, 2.75) is 44.8 Å². The summed E-state index contributed by atoms with van der Waals surface area (Å²) in [6.45, 7) is 3.62. The molecule has 2 fully saturated rings. The number of ether oxygens (including phenoxy) is 2. The maximum atomic E-state index is 12.4. The second-order valence-corrected chi connectivity index (χ2v) is 8.35. The summed E-state index contributed by atoms with van der Waals surface area (Å²) >= 11 is 0. The third kappa shape index (κ3) is 4.43. The predicted molar refractivity (Wildman–Crippen MR) is 87.0 cm³/mol. The van der Waals surface area contributed by atoms with Crippen LogP contribution in [0, 0.1) is 6.92 Å². The van der Waals surface area contributed by atoms with Crippen LogP contribution in [0.2, 0.25) is 0 Å². The zero-order valence-corrected chi connectivity index (χ0v) is 14.3. The SMILES string of the molecule is Cc1ccc(OC2CCN(S(=O)(=O)CCC3CCCO3)C2)cn1. The van der Waals surface area contributed by atoms with Crippen LogP contribution in [0.4, 0.5) is 0 Å². The maximum absolute atomic E-state index is 12.4. The van der Waals surface area contributed by atoms with Gasteiger partial charge in [-0.25, -0.2) is 8.42 Å². The van der Waals surface area contributed by atoms with Crippen molar-refractivity contribution in [1.82, 2.24) is 9.29 Å². The van der Waals surface area contributed by atoms with E-state index in [1.54, 1.807) is 10.5 Å². The fourth-order valence-electron chi connectivity index (χ4n) is 3.04. The first-order chi connectivity index (χ1) is 11.0. The van der Waals surface area contributed by atoms with E-state index >= 15 is 0 Å². The zero-order chi connectivity index (χ0) is 16.3. The lowest BCUT2D eigenvalue weighted by Gasteiger charge is -2.18. The lowest BCUT2D eigenvalue weighted by molar-refractivity contribution is 0.108. The second-order valence-electron chi connectivity index (χ2n) is 6.26. The van der Waals surface area contributed by atoms with Gasteiger partial charge in [0.05, 0.1) is 24.6 Å². The van der Waals surface area contributed by atoms with E-state index in [0.717, 1.165) is 25.1 Å². The van der Waals surface area contributed by atoms with E-state index in [1.807, 2.05) is 19.1 Å². The molecule has 1 aromatic rings. The minimum Gasteiger partial charge on any atom is -0.487 e. The van der Waals surface area contributed by atoms with Gasteiger partial charge in [-0.3, -0.25) is 4.98 Å². The molecule has 23 heavy (non-hydrogen) atoms. The van der Waals surface area contributed by atoms with Crippen LogP contribution in [0.25, 0.3) is 0 Å². The van der Waals surface area contributed by atoms with E-state index in [9.17, 15) is 8.42 Å². The number of hydrogen-bond acceptors (Lipinski definition) is 5. The Labute approximate surface area is 137 Å². The van der Waals surface area contributed by atoms with Crippen LogP contribution < -0.4 is 4.74 Å². The quantitative estimate of drug-likeness (QED) is 0.789. The van der Waals surface area contributed by atoms with Crippen molar-refractivity contribution in [3.05, 3.63) is 24.0 Å². The molecule has 0 radical (unpaired) electrons. The van der Waals surface area contributed by atoms with Gasteiger partial charge in [0.25, 0.3) is 0 Å². The largest absolute Gasteiger partial charge is 0.487 e. The van der Waals surface area contributed by atoms with Crippen LogP contribution in [-0.4, -0.2) is 55.4 Å². The van der Waals surface area contributed by atoms with Crippen molar-refractivity contribution in [3.8, 4) is 5.75 Å². The fraction of sp³-hybridized carbons (Fsp3) is 0.688. The van der Waals surface area contributed by atoms with Crippen molar-refractivity contribution in [2.24, 2.45) is 0 Å². The van der Waals surface area contributed by atoms with Gasteiger partial charge in [-0.2, -0.15) is 4.31 Å². The van der Waals surface area contributed by atoms with Crippen LogP contribution in [0.15, 0.2) is 18.3 Å². The molecule has 2 saturated heterocycles. The average Bonchev–Trinajstić information content (AvgIpc) is 3.19. The Morgan fingerprint density at radius 2 is 2.26 bits per heavy atom. The van der Waals surface area contributed by atoms with Crippen LogP contribution in [0.1, 0.15) is 31.4 Å². The number of hydrogen-bond donors (Lipinski definition) is 0. The summed E-state index contributed by atoms with van der Waals surface area (Å²) < 4.78 is 37.8. The minimum absolute atomic E-state index is 0.1000. The molecule has 0 N–H and O–H groups in total. The smallest absolute Gasteiger partial charge is 0.214 e. The molecule has 0 saturated carbocycles. The Balaban J connectivity index is 1.50. The van der Waals surface area contributed by atoms with Gasteiger partial charge in [0.15, 0.2) is 0 Å². The highest BCUT2D eigenvalue weighted by atomic mass is 32.2. The molecule has 0 aromatic carbocycles. The molecular formula is C16H24N2O4S. The molecule has 0 spiro atoms. The van der Waals surface area contributed by atoms with E-state index in [-0.39, 0.29) is 18.0 Å². The van der Waals surface area contributed by atoms with Gasteiger partial charge >= 0.3 is 0 Å². The van der Waals surface area contributed by atoms with Gasteiger partial charge in [-0.1, -0.05) is 0 Å². The Hall–Kier alpha value is -1.18. The van der Waals surface area contributed by atoms with Crippen molar-refractivity contribution < 1.29 is 17.9 Å². The van der Waals surface area contributed by atoms with Crippen LogP contribution in [-0.2, 0) is 14.8 Å². The van der Waals surface area contributed by atoms with Crippen molar-refractivity contribution in [1.29, 1.82) is 0 Å². The van der Waals surface area contributed by atoms with Crippen LogP contribution in [0.5, 0.6) is 5.75 Å². The summed E-state index contributed by atoms with van der Waals surface area (Å²) in [5, 5.41) is 0. The van der Waals surface area contributed by atoms with E-state index in [2.05, 4.69) is 4.98 Å². The van der Waals surface area contributed by atoms with E-state index in [0.29, 0.717) is 31.7 Å². The van der Waals surface area contributed by atoms with Crippen LogP contribution in [0.3, 0.4) is 0 Å². The third-order valence-corrected chi connectivity index (χ3v) is 6.28. The number of sulfonamides is 1. The van der Waals surface area contributed by atoms with Gasteiger partial charge in [0.2, 0.25) is 10.0 Å². The van der Waals surface area contributed by atoms with Gasteiger partial charge < -0.3 is 9.47 Å². The molecule has 128 valence electrons. The predicted octanol–water partition coefficient (Wildman–Crippen LogP) is 1.74. The number of rotatable bonds is 6. The fourth-order valence-corrected chi connectivity index (χ4v) is 4.64. The number of aromatic nitrogens is 1. The van der Waals surface area contributed by atoms with Gasteiger partial charge in [0.1, 0.15) is 11.9 Å². The van der Waals surface area contributed by atoms with Crippen molar-refractivity contribution in [2.75, 3.05) is 25.4 Å². The van der Waals surface area contributed by atoms with E-state index in [1.165, 1.54) is 0 Å². The first-order valence-corrected chi connectivity index (χ1v) is 9.82. The third-order valence-electron chi connectivity index (χ3n) is 4.41. The molecule has 2 aliphatic heterocycles. The summed E-state index contributed by atoms with van der Waals surface area (Å²) in [6.07, 6.45) is 5.01. The molecule has 3 heterocycles. The Morgan fingerprint density at radius 3 is 2.96 bits per heavy atom. The summed E-state index contributed by atoms with van der Waals surface area (Å²) in [7, 11) is -3.22. The number of pyridine rings is 1. The highest BCUT2D eigenvalue weighted by Gasteiger charge is 2.33. The molecule has 2 atom stereocenters. The molecule has 6 nitrogen and oxygen atoms in total. The average molecular weight is 340 g/mol. The molecule has 7 heteroatoms. The lowest BCUT2D eigenvalue weighted by atomic mass is 10.2. The Morgan fingerprint density at radius 1 is 1.39 bits per heavy atom. The van der Waals surface area contributed by atoms with Crippen molar-refractivity contribution >= 4 is 10.0 Å². The number of aryl methyl sites for hydroxylation is 1. The van der Waals surface area contributed by atoms with E-state index < -0.39 is 10.0 Å². The highest BCUT2D eigenvalue weighted by molar-refractivity contribution is 7.89. The van der Waals surface area contributed by atoms with Crippen LogP contribution >= 0.6 is 0 Å². The maximum Gasteiger partial charge on any atom is 0.214 e. The molecule has 0 aliphatic carbocycles. The lowest BCUT2D eigenvalue weighted by Crippen LogP contribution is -2.33. The molecule has 0 amide bonds. The molecule has 3 rings (SSSR count). The monoisotopic (exact) mass is 340 g/mol. The van der Waals surface area contributed by atoms with E-state index in [4.69, 9.17) is 9.47 Å². The van der Waals surface area contributed by atoms with Crippen molar-refractivity contribution in [3.63, 3.8) is 0 Å². The molecule has 1 aromatic heterocycles. The summed E-state index contributed by atoms with van der Waals surface area (Å²) in [5.74, 6) is 0.857. The van der Waals surface area contributed by atoms with Gasteiger partial charge in [-0.05, 0) is 44.7 Å². The summed E-state index contributed by atoms with van der Waals surface area (Å²) in [6, 6.07) is 3.76. The van der Waals surface area contributed by atoms with Gasteiger partial charge in [0, 0.05) is 18.8 Å². The highest BCUT2D eigenvalue weighted by Crippen LogP contribution is 2.22. The number of nitrogens with zero attached hydrogens (tertiary/aromatic N) is 2. The Kier molecular flexibility index (Phi) is 5.18. The summed E-state index contributed by atoms with van der Waals surface area (Å²) in [4.78, 5) is 4.19. The molecule has 2 unspecified atom stereocenters. The first-order valence-electron chi connectivity index (χ1n) is 8.22. The molecule has 2 aliphatic rings.